The first-order valence-electron chi connectivity index (χ1n) is 6.73. The Morgan fingerprint density at radius 1 is 1.40 bits per heavy atom. The molecule has 0 spiro atoms. The van der Waals surface area contributed by atoms with Crippen molar-refractivity contribution >= 4 is 5.91 Å². The van der Waals surface area contributed by atoms with E-state index in [0.717, 1.165) is 12.1 Å². The van der Waals surface area contributed by atoms with Crippen molar-refractivity contribution in [1.29, 1.82) is 0 Å². The molecule has 0 saturated heterocycles. The third-order valence-corrected chi connectivity index (χ3v) is 3.05. The summed E-state index contributed by atoms with van der Waals surface area (Å²) < 4.78 is 1.72. The molecule has 3 N–H and O–H groups in total. The van der Waals surface area contributed by atoms with Crippen LogP contribution in [0.3, 0.4) is 0 Å². The van der Waals surface area contributed by atoms with Crippen LogP contribution in [0.5, 0.6) is 0 Å². The quantitative estimate of drug-likeness (QED) is 0.869. The Balaban J connectivity index is 2.10. The summed E-state index contributed by atoms with van der Waals surface area (Å²) in [4.78, 5) is 12.1. The van der Waals surface area contributed by atoms with Gasteiger partial charge in [0.1, 0.15) is 0 Å². The fourth-order valence-corrected chi connectivity index (χ4v) is 1.90. The molecular weight excluding hydrogens is 252 g/mol. The van der Waals surface area contributed by atoms with Gasteiger partial charge in [0.25, 0.3) is 5.91 Å². The zero-order valence-electron chi connectivity index (χ0n) is 11.8. The number of nitrogens with zero attached hydrogens (tertiary/aromatic N) is 2. The average Bonchev–Trinajstić information content (AvgIpc) is 2.81. The normalized spacial score (nSPS) is 12.2. The molecule has 20 heavy (non-hydrogen) atoms. The van der Waals surface area contributed by atoms with Crippen LogP contribution in [-0.2, 0) is 0 Å². The van der Waals surface area contributed by atoms with Crippen LogP contribution in [0.15, 0.2) is 36.5 Å². The SMILES string of the molecule is Cc1nn(-c2ccccc2)cc1C(=O)NCCC(C)N. The third kappa shape index (κ3) is 3.45. The van der Waals surface area contributed by atoms with Gasteiger partial charge in [-0.2, -0.15) is 5.10 Å². The molecule has 2 rings (SSSR count). The molecule has 0 bridgehead atoms. The molecule has 0 fully saturated rings. The number of rotatable bonds is 5. The molecule has 0 radical (unpaired) electrons. The first-order valence-corrected chi connectivity index (χ1v) is 6.73. The van der Waals surface area contributed by atoms with Crippen LogP contribution >= 0.6 is 0 Å². The highest BCUT2D eigenvalue weighted by Crippen LogP contribution is 2.11. The smallest absolute Gasteiger partial charge is 0.254 e. The topological polar surface area (TPSA) is 72.9 Å². The van der Waals surface area contributed by atoms with Gasteiger partial charge < -0.3 is 11.1 Å². The van der Waals surface area contributed by atoms with Gasteiger partial charge in [0, 0.05) is 18.8 Å². The van der Waals surface area contributed by atoms with Crippen LogP contribution in [0.25, 0.3) is 5.69 Å². The number of nitrogens with two attached hydrogens (primary N) is 1. The molecule has 1 amide bonds. The summed E-state index contributed by atoms with van der Waals surface area (Å²) in [6.45, 7) is 4.33. The molecule has 1 atom stereocenters. The van der Waals surface area contributed by atoms with Crippen LogP contribution in [0.1, 0.15) is 29.4 Å². The molecule has 1 aromatic carbocycles. The highest BCUT2D eigenvalue weighted by Gasteiger charge is 2.13. The van der Waals surface area contributed by atoms with Gasteiger partial charge >= 0.3 is 0 Å². The fraction of sp³-hybridized carbons (Fsp3) is 0.333. The molecule has 2 aromatic rings. The zero-order chi connectivity index (χ0) is 14.5. The number of carbonyl (C=O) groups excluding carboxylic acids is 1. The van der Waals surface area contributed by atoms with Crippen molar-refractivity contribution in [2.24, 2.45) is 5.73 Å². The van der Waals surface area contributed by atoms with Crippen molar-refractivity contribution in [3.05, 3.63) is 47.8 Å². The second-order valence-corrected chi connectivity index (χ2v) is 4.93. The van der Waals surface area contributed by atoms with Gasteiger partial charge in [-0.05, 0) is 32.4 Å². The minimum absolute atomic E-state index is 0.0865. The Labute approximate surface area is 118 Å². The second-order valence-electron chi connectivity index (χ2n) is 4.93. The van der Waals surface area contributed by atoms with E-state index >= 15 is 0 Å². The molecular formula is C15H20N4O. The number of carbonyl (C=O) groups is 1. The van der Waals surface area contributed by atoms with Gasteiger partial charge in [0.05, 0.1) is 16.9 Å². The zero-order valence-corrected chi connectivity index (χ0v) is 11.8. The molecule has 1 heterocycles. The lowest BCUT2D eigenvalue weighted by molar-refractivity contribution is 0.0952. The van der Waals surface area contributed by atoms with Crippen molar-refractivity contribution in [2.75, 3.05) is 6.54 Å². The molecule has 0 aliphatic heterocycles. The lowest BCUT2D eigenvalue weighted by Gasteiger charge is -2.06. The van der Waals surface area contributed by atoms with E-state index in [2.05, 4.69) is 10.4 Å². The van der Waals surface area contributed by atoms with Crippen LogP contribution < -0.4 is 11.1 Å². The van der Waals surface area contributed by atoms with Crippen LogP contribution in [-0.4, -0.2) is 28.3 Å². The number of amides is 1. The molecule has 1 unspecified atom stereocenters. The van der Waals surface area contributed by atoms with Crippen molar-refractivity contribution in [1.82, 2.24) is 15.1 Å². The third-order valence-electron chi connectivity index (χ3n) is 3.05. The number of hydrogen-bond acceptors (Lipinski definition) is 3. The Hall–Kier alpha value is -2.14. The monoisotopic (exact) mass is 272 g/mol. The molecule has 5 heteroatoms. The summed E-state index contributed by atoms with van der Waals surface area (Å²) in [6.07, 6.45) is 2.52. The molecule has 106 valence electrons. The number of aryl methyl sites for hydroxylation is 1. The second kappa shape index (κ2) is 6.34. The average molecular weight is 272 g/mol. The van der Waals surface area contributed by atoms with E-state index in [1.165, 1.54) is 0 Å². The van der Waals surface area contributed by atoms with E-state index in [-0.39, 0.29) is 11.9 Å². The van der Waals surface area contributed by atoms with Gasteiger partial charge in [0.2, 0.25) is 0 Å². The Morgan fingerprint density at radius 2 is 2.10 bits per heavy atom. The van der Waals surface area contributed by atoms with Gasteiger partial charge in [-0.15, -0.1) is 0 Å². The van der Waals surface area contributed by atoms with Gasteiger partial charge in [-0.1, -0.05) is 18.2 Å². The van der Waals surface area contributed by atoms with E-state index in [0.29, 0.717) is 17.8 Å². The van der Waals surface area contributed by atoms with Gasteiger partial charge in [-0.3, -0.25) is 4.79 Å². The largest absolute Gasteiger partial charge is 0.352 e. The maximum absolute atomic E-state index is 12.1. The molecule has 0 aliphatic rings. The molecule has 0 aliphatic carbocycles. The first-order chi connectivity index (χ1) is 9.58. The first kappa shape index (κ1) is 14.3. The number of hydrogen-bond donors (Lipinski definition) is 2. The lowest BCUT2D eigenvalue weighted by Crippen LogP contribution is -2.29. The summed E-state index contributed by atoms with van der Waals surface area (Å²) in [6, 6.07) is 9.81. The van der Waals surface area contributed by atoms with Gasteiger partial charge in [-0.25, -0.2) is 4.68 Å². The van der Waals surface area contributed by atoms with Crippen molar-refractivity contribution in [3.63, 3.8) is 0 Å². The fourth-order valence-electron chi connectivity index (χ4n) is 1.90. The van der Waals surface area contributed by atoms with E-state index in [1.807, 2.05) is 44.2 Å². The van der Waals surface area contributed by atoms with Crippen molar-refractivity contribution in [2.45, 2.75) is 26.3 Å². The number of para-hydroxylation sites is 1. The number of benzene rings is 1. The van der Waals surface area contributed by atoms with E-state index in [9.17, 15) is 4.79 Å². The molecule has 0 saturated carbocycles. The Morgan fingerprint density at radius 3 is 2.75 bits per heavy atom. The van der Waals surface area contributed by atoms with E-state index < -0.39 is 0 Å². The maximum Gasteiger partial charge on any atom is 0.254 e. The maximum atomic E-state index is 12.1. The highest BCUT2D eigenvalue weighted by molar-refractivity contribution is 5.95. The Kier molecular flexibility index (Phi) is 4.53. The number of nitrogens with one attached hydrogen (secondary N) is 1. The van der Waals surface area contributed by atoms with Crippen molar-refractivity contribution < 1.29 is 4.79 Å². The van der Waals surface area contributed by atoms with E-state index in [1.54, 1.807) is 10.9 Å². The van der Waals surface area contributed by atoms with Crippen LogP contribution in [0, 0.1) is 6.92 Å². The molecule has 5 nitrogen and oxygen atoms in total. The lowest BCUT2D eigenvalue weighted by atomic mass is 10.2. The van der Waals surface area contributed by atoms with Crippen molar-refractivity contribution in [3.8, 4) is 5.69 Å². The Bertz CT molecular complexity index is 575. The predicted molar refractivity (Wildman–Crippen MR) is 78.9 cm³/mol. The summed E-state index contributed by atoms with van der Waals surface area (Å²) in [5, 5.41) is 7.24. The summed E-state index contributed by atoms with van der Waals surface area (Å²) in [7, 11) is 0. The number of aromatic nitrogens is 2. The standard InChI is InChI=1S/C15H20N4O/c1-11(16)8-9-17-15(20)14-10-19(18-12(14)2)13-6-4-3-5-7-13/h3-7,10-11H,8-9,16H2,1-2H3,(H,17,20). The van der Waals surface area contributed by atoms with Crippen LogP contribution in [0.2, 0.25) is 0 Å². The highest BCUT2D eigenvalue weighted by atomic mass is 16.1. The minimum atomic E-state index is -0.106. The minimum Gasteiger partial charge on any atom is -0.352 e. The van der Waals surface area contributed by atoms with E-state index in [4.69, 9.17) is 5.73 Å². The summed E-state index contributed by atoms with van der Waals surface area (Å²) >= 11 is 0. The summed E-state index contributed by atoms with van der Waals surface area (Å²) in [5.41, 5.74) is 7.91. The van der Waals surface area contributed by atoms with Gasteiger partial charge in [0.15, 0.2) is 0 Å². The molecule has 1 aromatic heterocycles. The van der Waals surface area contributed by atoms with Crippen LogP contribution in [0.4, 0.5) is 0 Å². The summed E-state index contributed by atoms with van der Waals surface area (Å²) in [5.74, 6) is -0.106. The predicted octanol–water partition coefficient (Wildman–Crippen LogP) is 1.65.